The first-order valence-corrected chi connectivity index (χ1v) is 8.88. The van der Waals surface area contributed by atoms with Crippen molar-refractivity contribution in [3.8, 4) is 22.8 Å². The summed E-state index contributed by atoms with van der Waals surface area (Å²) in [5.74, 6) is -2.74. The molecule has 3 aromatic rings. The normalized spacial score (nSPS) is 12.0. The monoisotopic (exact) mass is 453 g/mol. The predicted molar refractivity (Wildman–Crippen MR) is 98.1 cm³/mol. The summed E-state index contributed by atoms with van der Waals surface area (Å²) in [5, 5.41) is 13.4. The van der Waals surface area contributed by atoms with Crippen LogP contribution in [0, 0.1) is 11.8 Å². The van der Waals surface area contributed by atoms with Crippen molar-refractivity contribution >= 4 is 21.9 Å². The van der Waals surface area contributed by atoms with Crippen LogP contribution in [0.5, 0.6) is 5.88 Å². The largest absolute Gasteiger partial charge is 0.477 e. The van der Waals surface area contributed by atoms with Crippen molar-refractivity contribution < 1.29 is 28.2 Å². The van der Waals surface area contributed by atoms with E-state index in [4.69, 9.17) is 9.47 Å². The molecular weight excluding hydrogens is 440 g/mol. The summed E-state index contributed by atoms with van der Waals surface area (Å²) in [6, 6.07) is 8.43. The highest BCUT2D eigenvalue weighted by Gasteiger charge is 2.27. The standard InChI is InChI=1S/C18H14BrF2N3O4/c1-2-27-18(17(25)26)28-16-14(19)15(10-7-8-13(21)22-9-10)24(23-16)12-6-4-3-5-11(12)20/h3-9,18H,2H2,1H3,(H,25,26). The lowest BCUT2D eigenvalue weighted by Gasteiger charge is -2.12. The molecule has 28 heavy (non-hydrogen) atoms. The summed E-state index contributed by atoms with van der Waals surface area (Å²) >= 11 is 3.31. The molecule has 2 heterocycles. The number of aliphatic carboxylic acids is 1. The number of hydrogen-bond acceptors (Lipinski definition) is 5. The minimum atomic E-state index is -1.61. The third kappa shape index (κ3) is 4.02. The Hall–Kier alpha value is -2.85. The maximum Gasteiger partial charge on any atom is 0.373 e. The molecule has 0 aliphatic heterocycles. The van der Waals surface area contributed by atoms with E-state index in [0.717, 1.165) is 6.07 Å². The van der Waals surface area contributed by atoms with Crippen molar-refractivity contribution in [2.45, 2.75) is 13.2 Å². The summed E-state index contributed by atoms with van der Waals surface area (Å²) in [4.78, 5) is 14.9. The molecule has 7 nitrogen and oxygen atoms in total. The molecule has 0 saturated heterocycles. The molecule has 0 aliphatic rings. The number of carboxylic acid groups (broad SMARTS) is 1. The first-order valence-electron chi connectivity index (χ1n) is 8.08. The van der Waals surface area contributed by atoms with Crippen LogP contribution in [0.2, 0.25) is 0 Å². The van der Waals surface area contributed by atoms with Gasteiger partial charge in [-0.25, -0.2) is 18.9 Å². The number of carboxylic acids is 1. The molecule has 0 radical (unpaired) electrons. The molecule has 1 aromatic carbocycles. The number of carbonyl (C=O) groups is 1. The molecule has 0 aliphatic carbocycles. The first kappa shape index (κ1) is 19.9. The third-order valence-corrected chi connectivity index (χ3v) is 4.33. The molecule has 1 N–H and O–H groups in total. The molecule has 1 atom stereocenters. The van der Waals surface area contributed by atoms with Crippen LogP contribution < -0.4 is 4.74 Å². The van der Waals surface area contributed by atoms with Crippen LogP contribution in [-0.2, 0) is 9.53 Å². The van der Waals surface area contributed by atoms with Crippen LogP contribution in [-0.4, -0.2) is 38.7 Å². The van der Waals surface area contributed by atoms with Gasteiger partial charge in [0.25, 0.3) is 5.88 Å². The number of hydrogen-bond donors (Lipinski definition) is 1. The molecular formula is C18H14BrF2N3O4. The van der Waals surface area contributed by atoms with Crippen LogP contribution in [0.1, 0.15) is 6.92 Å². The van der Waals surface area contributed by atoms with Crippen LogP contribution in [0.4, 0.5) is 8.78 Å². The Morgan fingerprint density at radius 3 is 2.64 bits per heavy atom. The number of pyridine rings is 1. The van der Waals surface area contributed by atoms with Crippen molar-refractivity contribution in [1.82, 2.24) is 14.8 Å². The van der Waals surface area contributed by atoms with Gasteiger partial charge in [-0.1, -0.05) is 12.1 Å². The molecule has 146 valence electrons. The average molecular weight is 454 g/mol. The summed E-state index contributed by atoms with van der Waals surface area (Å²) in [5.41, 5.74) is 0.788. The highest BCUT2D eigenvalue weighted by Crippen LogP contribution is 2.38. The highest BCUT2D eigenvalue weighted by atomic mass is 79.9. The van der Waals surface area contributed by atoms with Crippen LogP contribution in [0.25, 0.3) is 16.9 Å². The number of benzene rings is 1. The minimum Gasteiger partial charge on any atom is -0.477 e. The van der Waals surface area contributed by atoms with E-state index < -0.39 is 24.0 Å². The molecule has 2 aromatic heterocycles. The minimum absolute atomic E-state index is 0.0839. The first-order chi connectivity index (χ1) is 13.4. The molecule has 1 unspecified atom stereocenters. The number of aromatic nitrogens is 3. The van der Waals surface area contributed by atoms with Crippen molar-refractivity contribution in [3.63, 3.8) is 0 Å². The van der Waals surface area contributed by atoms with E-state index in [1.54, 1.807) is 13.0 Å². The zero-order valence-electron chi connectivity index (χ0n) is 14.5. The Morgan fingerprint density at radius 1 is 1.29 bits per heavy atom. The second-order valence-electron chi connectivity index (χ2n) is 5.44. The number of halogens is 3. The topological polar surface area (TPSA) is 86.5 Å². The fraction of sp³-hybridized carbons (Fsp3) is 0.167. The van der Waals surface area contributed by atoms with E-state index in [2.05, 4.69) is 26.0 Å². The van der Waals surface area contributed by atoms with Gasteiger partial charge in [0.15, 0.2) is 0 Å². The number of nitrogens with zero attached hydrogens (tertiary/aromatic N) is 3. The molecule has 0 amide bonds. The Bertz CT molecular complexity index is 995. The van der Waals surface area contributed by atoms with Crippen LogP contribution in [0.3, 0.4) is 0 Å². The molecule has 3 rings (SSSR count). The predicted octanol–water partition coefficient (Wildman–Crippen LogP) is 3.80. The molecule has 10 heteroatoms. The van der Waals surface area contributed by atoms with E-state index in [-0.39, 0.29) is 22.6 Å². The lowest BCUT2D eigenvalue weighted by Crippen LogP contribution is -2.30. The van der Waals surface area contributed by atoms with Gasteiger partial charge in [-0.3, -0.25) is 0 Å². The summed E-state index contributed by atoms with van der Waals surface area (Å²) in [7, 11) is 0. The maximum atomic E-state index is 14.4. The Kier molecular flexibility index (Phi) is 6.00. The van der Waals surface area contributed by atoms with Gasteiger partial charge in [-0.05, 0) is 47.1 Å². The Labute approximate surface area is 166 Å². The Morgan fingerprint density at radius 2 is 2.04 bits per heavy atom. The van der Waals surface area contributed by atoms with Crippen molar-refractivity contribution in [2.75, 3.05) is 6.61 Å². The van der Waals surface area contributed by atoms with Gasteiger partial charge in [0.2, 0.25) is 5.95 Å². The van der Waals surface area contributed by atoms with Gasteiger partial charge in [-0.15, -0.1) is 5.10 Å². The summed E-state index contributed by atoms with van der Waals surface area (Å²) < 4.78 is 39.4. The molecule has 0 bridgehead atoms. The lowest BCUT2D eigenvalue weighted by atomic mass is 10.2. The summed E-state index contributed by atoms with van der Waals surface area (Å²) in [6.45, 7) is 1.71. The van der Waals surface area contributed by atoms with E-state index in [1.165, 1.54) is 35.1 Å². The van der Waals surface area contributed by atoms with Crippen LogP contribution in [0.15, 0.2) is 47.1 Å². The average Bonchev–Trinajstić information content (AvgIpc) is 2.98. The van der Waals surface area contributed by atoms with E-state index >= 15 is 0 Å². The van der Waals surface area contributed by atoms with Gasteiger partial charge in [0.05, 0.1) is 5.69 Å². The van der Waals surface area contributed by atoms with E-state index in [9.17, 15) is 18.7 Å². The van der Waals surface area contributed by atoms with Gasteiger partial charge < -0.3 is 14.6 Å². The fourth-order valence-electron chi connectivity index (χ4n) is 2.43. The zero-order valence-corrected chi connectivity index (χ0v) is 16.1. The molecule has 0 fully saturated rings. The molecule has 0 spiro atoms. The zero-order chi connectivity index (χ0) is 20.3. The van der Waals surface area contributed by atoms with Crippen molar-refractivity contribution in [2.24, 2.45) is 0 Å². The van der Waals surface area contributed by atoms with Crippen LogP contribution >= 0.6 is 15.9 Å². The van der Waals surface area contributed by atoms with Crippen molar-refractivity contribution in [3.05, 3.63) is 58.8 Å². The third-order valence-electron chi connectivity index (χ3n) is 3.62. The van der Waals surface area contributed by atoms with Gasteiger partial charge in [0.1, 0.15) is 16.0 Å². The molecule has 0 saturated carbocycles. The Balaban J connectivity index is 2.16. The number of para-hydroxylation sites is 1. The lowest BCUT2D eigenvalue weighted by molar-refractivity contribution is -0.170. The number of ether oxygens (including phenoxy) is 2. The number of rotatable bonds is 7. The van der Waals surface area contributed by atoms with E-state index in [1.807, 2.05) is 0 Å². The second kappa shape index (κ2) is 8.44. The van der Waals surface area contributed by atoms with Gasteiger partial charge in [0, 0.05) is 18.4 Å². The highest BCUT2D eigenvalue weighted by molar-refractivity contribution is 9.10. The van der Waals surface area contributed by atoms with Gasteiger partial charge in [-0.2, -0.15) is 4.39 Å². The maximum absolute atomic E-state index is 14.4. The smallest absolute Gasteiger partial charge is 0.373 e. The quantitative estimate of drug-likeness (QED) is 0.432. The second-order valence-corrected chi connectivity index (χ2v) is 6.24. The summed E-state index contributed by atoms with van der Waals surface area (Å²) in [6.07, 6.45) is -0.361. The van der Waals surface area contributed by atoms with Gasteiger partial charge >= 0.3 is 12.3 Å². The van der Waals surface area contributed by atoms with Crippen molar-refractivity contribution in [1.29, 1.82) is 0 Å². The van der Waals surface area contributed by atoms with E-state index in [0.29, 0.717) is 11.3 Å². The fourth-order valence-corrected chi connectivity index (χ4v) is 3.00. The SMILES string of the molecule is CCOC(Oc1nn(-c2ccccc2F)c(-c2ccc(F)nc2)c1Br)C(=O)O.